The molecule has 5 nitrogen and oxygen atoms in total. The van der Waals surface area contributed by atoms with Gasteiger partial charge in [-0.15, -0.1) is 0 Å². The molecule has 0 atom stereocenters. The van der Waals surface area contributed by atoms with Crippen molar-refractivity contribution < 1.29 is 4.79 Å². The van der Waals surface area contributed by atoms with E-state index in [1.54, 1.807) is 0 Å². The standard InChI is InChI=1S/C16H24N4OS/c1-18-9-11-19(12-10-18)15(21)7-8-20(16(17)22)13-14-5-3-2-4-6-14/h2-6H,7-13H2,1H3,(H2,17,22). The maximum Gasteiger partial charge on any atom is 0.224 e. The van der Waals surface area contributed by atoms with Gasteiger partial charge in [-0.3, -0.25) is 4.79 Å². The van der Waals surface area contributed by atoms with Gasteiger partial charge in [-0.05, 0) is 24.8 Å². The van der Waals surface area contributed by atoms with Gasteiger partial charge in [-0.1, -0.05) is 30.3 Å². The third-order valence-corrected chi connectivity index (χ3v) is 4.24. The van der Waals surface area contributed by atoms with E-state index in [0.717, 1.165) is 31.7 Å². The first kappa shape index (κ1) is 16.7. The van der Waals surface area contributed by atoms with E-state index in [1.807, 2.05) is 40.1 Å². The first-order valence-corrected chi connectivity index (χ1v) is 8.01. The molecule has 0 spiro atoms. The normalized spacial score (nSPS) is 15.6. The molecule has 0 unspecified atom stereocenters. The molecule has 2 N–H and O–H groups in total. The lowest BCUT2D eigenvalue weighted by molar-refractivity contribution is -0.132. The van der Waals surface area contributed by atoms with Crippen LogP contribution in [0.2, 0.25) is 0 Å². The Bertz CT molecular complexity index is 500. The van der Waals surface area contributed by atoms with E-state index in [0.29, 0.717) is 24.6 Å². The molecular formula is C16H24N4OS. The van der Waals surface area contributed by atoms with Crippen LogP contribution in [-0.4, -0.2) is 65.5 Å². The number of nitrogens with zero attached hydrogens (tertiary/aromatic N) is 3. The molecule has 0 radical (unpaired) electrons. The van der Waals surface area contributed by atoms with Crippen LogP contribution in [0.15, 0.2) is 30.3 Å². The van der Waals surface area contributed by atoms with Crippen molar-refractivity contribution in [2.75, 3.05) is 39.8 Å². The van der Waals surface area contributed by atoms with Gasteiger partial charge in [0.1, 0.15) is 0 Å². The number of likely N-dealkylation sites (N-methyl/N-ethyl adjacent to an activating group) is 1. The average Bonchev–Trinajstić information content (AvgIpc) is 2.52. The minimum absolute atomic E-state index is 0.183. The number of amides is 1. The molecule has 2 rings (SSSR count). The molecule has 1 aliphatic heterocycles. The number of benzene rings is 1. The lowest BCUT2D eigenvalue weighted by atomic mass is 10.2. The zero-order valence-corrected chi connectivity index (χ0v) is 13.9. The van der Waals surface area contributed by atoms with Crippen LogP contribution >= 0.6 is 12.2 Å². The van der Waals surface area contributed by atoms with E-state index >= 15 is 0 Å². The summed E-state index contributed by atoms with van der Waals surface area (Å²) in [6.07, 6.45) is 0.452. The van der Waals surface area contributed by atoms with Gasteiger partial charge < -0.3 is 20.4 Å². The fourth-order valence-electron chi connectivity index (χ4n) is 2.52. The largest absolute Gasteiger partial charge is 0.376 e. The molecular weight excluding hydrogens is 296 g/mol. The van der Waals surface area contributed by atoms with Gasteiger partial charge in [-0.2, -0.15) is 0 Å². The number of piperazine rings is 1. The minimum Gasteiger partial charge on any atom is -0.376 e. The smallest absolute Gasteiger partial charge is 0.224 e. The van der Waals surface area contributed by atoms with Crippen LogP contribution < -0.4 is 5.73 Å². The number of nitrogens with two attached hydrogens (primary N) is 1. The first-order chi connectivity index (χ1) is 10.6. The molecule has 0 aromatic heterocycles. The lowest BCUT2D eigenvalue weighted by Gasteiger charge is -2.33. The number of carbonyl (C=O) groups excluding carboxylic acids is 1. The van der Waals surface area contributed by atoms with Gasteiger partial charge in [0.2, 0.25) is 5.91 Å². The van der Waals surface area contributed by atoms with Crippen molar-refractivity contribution in [3.05, 3.63) is 35.9 Å². The van der Waals surface area contributed by atoms with Crippen molar-refractivity contribution in [3.8, 4) is 0 Å². The van der Waals surface area contributed by atoms with Crippen LogP contribution in [0, 0.1) is 0 Å². The summed E-state index contributed by atoms with van der Waals surface area (Å²) in [6, 6.07) is 10.0. The summed E-state index contributed by atoms with van der Waals surface area (Å²) in [5, 5.41) is 0.343. The number of hydrogen-bond donors (Lipinski definition) is 1. The van der Waals surface area contributed by atoms with Crippen LogP contribution in [-0.2, 0) is 11.3 Å². The fraction of sp³-hybridized carbons (Fsp3) is 0.500. The zero-order chi connectivity index (χ0) is 15.9. The quantitative estimate of drug-likeness (QED) is 0.817. The topological polar surface area (TPSA) is 52.8 Å². The second-order valence-corrected chi connectivity index (χ2v) is 6.10. The van der Waals surface area contributed by atoms with Gasteiger partial charge in [0.05, 0.1) is 0 Å². The Morgan fingerprint density at radius 1 is 1.23 bits per heavy atom. The number of carbonyl (C=O) groups is 1. The van der Waals surface area contributed by atoms with Gasteiger partial charge in [0.15, 0.2) is 5.11 Å². The summed E-state index contributed by atoms with van der Waals surface area (Å²) >= 11 is 5.11. The second kappa shape index (κ2) is 8.10. The summed E-state index contributed by atoms with van der Waals surface area (Å²) < 4.78 is 0. The maximum absolute atomic E-state index is 12.3. The molecule has 1 fully saturated rings. The highest BCUT2D eigenvalue weighted by atomic mass is 32.1. The Morgan fingerprint density at radius 2 is 1.86 bits per heavy atom. The van der Waals surface area contributed by atoms with Crippen LogP contribution in [0.4, 0.5) is 0 Å². The molecule has 1 aromatic rings. The lowest BCUT2D eigenvalue weighted by Crippen LogP contribution is -2.48. The monoisotopic (exact) mass is 320 g/mol. The molecule has 0 saturated carbocycles. The van der Waals surface area contributed by atoms with E-state index in [9.17, 15) is 4.79 Å². The molecule has 0 bridgehead atoms. The van der Waals surface area contributed by atoms with E-state index in [1.165, 1.54) is 0 Å². The highest BCUT2D eigenvalue weighted by Crippen LogP contribution is 2.07. The average molecular weight is 320 g/mol. The van der Waals surface area contributed by atoms with Crippen molar-refractivity contribution in [2.24, 2.45) is 5.73 Å². The predicted octanol–water partition coefficient (Wildman–Crippen LogP) is 0.896. The summed E-state index contributed by atoms with van der Waals surface area (Å²) in [5.41, 5.74) is 6.93. The fourth-order valence-corrected chi connectivity index (χ4v) is 2.67. The van der Waals surface area contributed by atoms with Crippen LogP contribution in [0.3, 0.4) is 0 Å². The molecule has 0 aliphatic carbocycles. The summed E-state index contributed by atoms with van der Waals surface area (Å²) in [5.74, 6) is 0.183. The first-order valence-electron chi connectivity index (χ1n) is 7.61. The van der Waals surface area contributed by atoms with Crippen molar-refractivity contribution >= 4 is 23.2 Å². The van der Waals surface area contributed by atoms with Gasteiger partial charge in [-0.25, -0.2) is 0 Å². The van der Waals surface area contributed by atoms with Crippen LogP contribution in [0.5, 0.6) is 0 Å². The maximum atomic E-state index is 12.3. The SMILES string of the molecule is CN1CCN(C(=O)CCN(Cc2ccccc2)C(N)=S)CC1. The van der Waals surface area contributed by atoms with Crippen molar-refractivity contribution in [3.63, 3.8) is 0 Å². The zero-order valence-electron chi connectivity index (χ0n) is 13.1. The number of thiocarbonyl (C=S) groups is 1. The Kier molecular flexibility index (Phi) is 6.15. The van der Waals surface area contributed by atoms with Crippen LogP contribution in [0.25, 0.3) is 0 Å². The summed E-state index contributed by atoms with van der Waals surface area (Å²) in [6.45, 7) is 4.70. The van der Waals surface area contributed by atoms with Gasteiger partial charge >= 0.3 is 0 Å². The Labute approximate surface area is 137 Å². The molecule has 22 heavy (non-hydrogen) atoms. The molecule has 120 valence electrons. The molecule has 1 saturated heterocycles. The molecule has 1 aliphatic rings. The van der Waals surface area contributed by atoms with E-state index < -0.39 is 0 Å². The number of rotatable bonds is 5. The van der Waals surface area contributed by atoms with Crippen molar-refractivity contribution in [1.82, 2.24) is 14.7 Å². The predicted molar refractivity (Wildman–Crippen MR) is 92.3 cm³/mol. The van der Waals surface area contributed by atoms with Gasteiger partial charge in [0.25, 0.3) is 0 Å². The third kappa shape index (κ3) is 4.96. The van der Waals surface area contributed by atoms with E-state index in [4.69, 9.17) is 18.0 Å². The number of hydrogen-bond acceptors (Lipinski definition) is 3. The molecule has 1 amide bonds. The molecule has 1 aromatic carbocycles. The third-order valence-electron chi connectivity index (χ3n) is 3.98. The van der Waals surface area contributed by atoms with Gasteiger partial charge in [0, 0.05) is 45.7 Å². The van der Waals surface area contributed by atoms with Crippen molar-refractivity contribution in [2.45, 2.75) is 13.0 Å². The Balaban J connectivity index is 1.84. The Hall–Kier alpha value is -1.66. The summed E-state index contributed by atoms with van der Waals surface area (Å²) in [7, 11) is 2.08. The summed E-state index contributed by atoms with van der Waals surface area (Å²) in [4.78, 5) is 18.3. The van der Waals surface area contributed by atoms with Crippen molar-refractivity contribution in [1.29, 1.82) is 0 Å². The Morgan fingerprint density at radius 3 is 2.45 bits per heavy atom. The molecule has 6 heteroatoms. The molecule has 1 heterocycles. The van der Waals surface area contributed by atoms with E-state index in [2.05, 4.69) is 11.9 Å². The highest BCUT2D eigenvalue weighted by Gasteiger charge is 2.19. The second-order valence-electron chi connectivity index (χ2n) is 5.68. The minimum atomic E-state index is 0.183. The highest BCUT2D eigenvalue weighted by molar-refractivity contribution is 7.80. The van der Waals surface area contributed by atoms with E-state index in [-0.39, 0.29) is 5.91 Å². The van der Waals surface area contributed by atoms with Crippen LogP contribution in [0.1, 0.15) is 12.0 Å².